The molecule has 0 atom stereocenters. The minimum Gasteiger partial charge on any atom is -0.360 e. The Morgan fingerprint density at radius 3 is 3.12 bits per heavy atom. The van der Waals surface area contributed by atoms with E-state index in [4.69, 9.17) is 4.52 Å². The summed E-state index contributed by atoms with van der Waals surface area (Å²) in [6, 6.07) is 1.95. The van der Waals surface area contributed by atoms with Crippen molar-refractivity contribution in [3.05, 3.63) is 36.2 Å². The average Bonchev–Trinajstić information content (AvgIpc) is 2.89. The molecule has 0 spiro atoms. The normalized spacial score (nSPS) is 10.8. The van der Waals surface area contributed by atoms with Crippen molar-refractivity contribution in [3.8, 4) is 0 Å². The van der Waals surface area contributed by atoms with E-state index in [-0.39, 0.29) is 0 Å². The van der Waals surface area contributed by atoms with Gasteiger partial charge in [0, 0.05) is 25.0 Å². The van der Waals surface area contributed by atoms with Crippen LogP contribution in [-0.4, -0.2) is 21.3 Å². The number of nitrogens with zero attached hydrogens (tertiary/aromatic N) is 3. The maximum atomic E-state index is 5.09. The first-order valence-corrected chi connectivity index (χ1v) is 5.43. The zero-order valence-corrected chi connectivity index (χ0v) is 9.39. The van der Waals surface area contributed by atoms with E-state index in [1.807, 2.05) is 25.5 Å². The van der Waals surface area contributed by atoms with Gasteiger partial charge < -0.3 is 14.4 Å². The lowest BCUT2D eigenvalue weighted by Gasteiger charge is -2.02. The summed E-state index contributed by atoms with van der Waals surface area (Å²) in [6.45, 7) is 4.61. The Morgan fingerprint density at radius 1 is 1.50 bits per heavy atom. The van der Waals surface area contributed by atoms with E-state index in [9.17, 15) is 0 Å². The fourth-order valence-corrected chi connectivity index (χ4v) is 1.52. The minimum absolute atomic E-state index is 0.741. The van der Waals surface area contributed by atoms with Gasteiger partial charge in [0.25, 0.3) is 0 Å². The summed E-state index contributed by atoms with van der Waals surface area (Å²) in [5.41, 5.74) is 0.926. The van der Waals surface area contributed by atoms with E-state index >= 15 is 0 Å². The van der Waals surface area contributed by atoms with Gasteiger partial charge in [-0.3, -0.25) is 0 Å². The second-order valence-electron chi connectivity index (χ2n) is 3.77. The number of imidazole rings is 1. The maximum Gasteiger partial charge on any atom is 0.150 e. The summed E-state index contributed by atoms with van der Waals surface area (Å²) in [5, 5.41) is 7.14. The van der Waals surface area contributed by atoms with E-state index in [0.717, 1.165) is 37.5 Å². The molecule has 2 rings (SSSR count). The molecule has 0 unspecified atom stereocenters. The highest BCUT2D eigenvalue weighted by atomic mass is 16.5. The molecule has 0 saturated heterocycles. The Bertz CT molecular complexity index is 407. The van der Waals surface area contributed by atoms with Crippen LogP contribution in [0.5, 0.6) is 0 Å². The van der Waals surface area contributed by atoms with E-state index < -0.39 is 0 Å². The van der Waals surface area contributed by atoms with Crippen molar-refractivity contribution in [2.75, 3.05) is 6.54 Å². The van der Waals surface area contributed by atoms with Gasteiger partial charge in [-0.1, -0.05) is 5.16 Å². The molecule has 0 saturated carbocycles. The average molecular weight is 220 g/mol. The summed E-state index contributed by atoms with van der Waals surface area (Å²) in [7, 11) is 0. The molecule has 2 aromatic rings. The van der Waals surface area contributed by atoms with Gasteiger partial charge >= 0.3 is 0 Å². The molecular weight excluding hydrogens is 204 g/mol. The Morgan fingerprint density at radius 2 is 2.44 bits per heavy atom. The van der Waals surface area contributed by atoms with Gasteiger partial charge in [-0.15, -0.1) is 0 Å². The zero-order chi connectivity index (χ0) is 11.2. The summed E-state index contributed by atoms with van der Waals surface area (Å²) in [4.78, 5) is 3.99. The van der Waals surface area contributed by atoms with Crippen LogP contribution in [0.2, 0.25) is 0 Å². The maximum absolute atomic E-state index is 5.09. The van der Waals surface area contributed by atoms with Gasteiger partial charge in [-0.05, 0) is 19.9 Å². The summed E-state index contributed by atoms with van der Waals surface area (Å²) < 4.78 is 7.16. The molecular formula is C11H16N4O. The molecule has 16 heavy (non-hydrogen) atoms. The summed E-state index contributed by atoms with van der Waals surface area (Å²) in [5.74, 6) is 0.889. The molecule has 2 aromatic heterocycles. The third kappa shape index (κ3) is 3.20. The topological polar surface area (TPSA) is 55.9 Å². The van der Waals surface area contributed by atoms with Crippen LogP contribution in [0.1, 0.15) is 17.9 Å². The van der Waals surface area contributed by atoms with Crippen molar-refractivity contribution in [1.29, 1.82) is 0 Å². The zero-order valence-electron chi connectivity index (χ0n) is 9.39. The molecule has 0 fully saturated rings. The highest BCUT2D eigenvalue weighted by molar-refractivity contribution is 5.02. The first kappa shape index (κ1) is 10.9. The van der Waals surface area contributed by atoms with Crippen molar-refractivity contribution in [3.63, 3.8) is 0 Å². The first-order valence-electron chi connectivity index (χ1n) is 5.43. The van der Waals surface area contributed by atoms with Crippen LogP contribution in [0, 0.1) is 6.92 Å². The van der Waals surface area contributed by atoms with E-state index in [1.54, 1.807) is 6.20 Å². The SMILES string of the molecule is Cc1cc(CNCCCn2ccnc2)on1. The van der Waals surface area contributed by atoms with Crippen molar-refractivity contribution >= 4 is 0 Å². The van der Waals surface area contributed by atoms with Crippen LogP contribution >= 0.6 is 0 Å². The molecule has 0 bridgehead atoms. The Hall–Kier alpha value is -1.62. The van der Waals surface area contributed by atoms with E-state index in [0.29, 0.717) is 0 Å². The lowest BCUT2D eigenvalue weighted by molar-refractivity contribution is 0.368. The van der Waals surface area contributed by atoms with Crippen LogP contribution in [0.25, 0.3) is 0 Å². The van der Waals surface area contributed by atoms with Crippen molar-refractivity contribution < 1.29 is 4.52 Å². The lowest BCUT2D eigenvalue weighted by Crippen LogP contribution is -2.15. The second kappa shape index (κ2) is 5.46. The monoisotopic (exact) mass is 220 g/mol. The Kier molecular flexibility index (Phi) is 3.71. The minimum atomic E-state index is 0.741. The predicted molar refractivity (Wildman–Crippen MR) is 59.8 cm³/mol. The van der Waals surface area contributed by atoms with Crippen molar-refractivity contribution in [2.45, 2.75) is 26.4 Å². The number of rotatable bonds is 6. The van der Waals surface area contributed by atoms with Gasteiger partial charge in [0.2, 0.25) is 0 Å². The fourth-order valence-electron chi connectivity index (χ4n) is 1.52. The number of hydrogen-bond acceptors (Lipinski definition) is 4. The summed E-state index contributed by atoms with van der Waals surface area (Å²) >= 11 is 0. The quantitative estimate of drug-likeness (QED) is 0.747. The fraction of sp³-hybridized carbons (Fsp3) is 0.455. The van der Waals surface area contributed by atoms with Gasteiger partial charge in [-0.2, -0.15) is 0 Å². The number of aryl methyl sites for hydroxylation is 2. The third-order valence-corrected chi connectivity index (χ3v) is 2.31. The predicted octanol–water partition coefficient (Wildman–Crippen LogP) is 1.36. The lowest BCUT2D eigenvalue weighted by atomic mass is 10.3. The van der Waals surface area contributed by atoms with Crippen LogP contribution in [0.3, 0.4) is 0 Å². The highest BCUT2D eigenvalue weighted by Gasteiger charge is 1.98. The first-order chi connectivity index (χ1) is 7.84. The molecule has 86 valence electrons. The van der Waals surface area contributed by atoms with Crippen LogP contribution in [0.4, 0.5) is 0 Å². The van der Waals surface area contributed by atoms with E-state index in [1.165, 1.54) is 0 Å². The third-order valence-electron chi connectivity index (χ3n) is 2.31. The number of hydrogen-bond donors (Lipinski definition) is 1. The smallest absolute Gasteiger partial charge is 0.150 e. The standard InChI is InChI=1S/C11H16N4O/c1-10-7-11(16-14-10)8-12-3-2-5-15-6-4-13-9-15/h4,6-7,9,12H,2-3,5,8H2,1H3. The number of aromatic nitrogens is 3. The molecule has 2 heterocycles. The molecule has 0 aliphatic carbocycles. The van der Waals surface area contributed by atoms with Crippen LogP contribution < -0.4 is 5.32 Å². The molecule has 5 nitrogen and oxygen atoms in total. The van der Waals surface area contributed by atoms with E-state index in [2.05, 4.69) is 20.0 Å². The van der Waals surface area contributed by atoms with Crippen molar-refractivity contribution in [1.82, 2.24) is 20.0 Å². The molecule has 0 amide bonds. The molecule has 0 aliphatic heterocycles. The molecule has 0 radical (unpaired) electrons. The summed E-state index contributed by atoms with van der Waals surface area (Å²) in [6.07, 6.45) is 6.67. The van der Waals surface area contributed by atoms with Gasteiger partial charge in [0.15, 0.2) is 5.76 Å². The molecule has 0 aliphatic rings. The van der Waals surface area contributed by atoms with Crippen molar-refractivity contribution in [2.24, 2.45) is 0 Å². The Labute approximate surface area is 94.5 Å². The number of nitrogens with one attached hydrogen (secondary N) is 1. The Balaban J connectivity index is 1.59. The largest absolute Gasteiger partial charge is 0.360 e. The van der Waals surface area contributed by atoms with Gasteiger partial charge in [0.1, 0.15) is 0 Å². The molecule has 1 N–H and O–H groups in total. The second-order valence-corrected chi connectivity index (χ2v) is 3.77. The highest BCUT2D eigenvalue weighted by Crippen LogP contribution is 2.00. The molecule has 0 aromatic carbocycles. The molecule has 5 heteroatoms. The van der Waals surface area contributed by atoms with Crippen LogP contribution in [-0.2, 0) is 13.1 Å². The van der Waals surface area contributed by atoms with Crippen LogP contribution in [0.15, 0.2) is 29.3 Å². The van der Waals surface area contributed by atoms with Gasteiger partial charge in [0.05, 0.1) is 18.6 Å². The van der Waals surface area contributed by atoms with Gasteiger partial charge in [-0.25, -0.2) is 4.98 Å².